The standard InChI is InChI=1S/C21H28O6S/c22-15-28(26,27)18-12-8-16(9-13-18)7-10-17-11-14-20(23)19(17)5-3-1-2-4-6-21(24)25/h7-10,12-13,17,19,22H,1-6,11,14-15H2,(H,24,25). The van der Waals surface area contributed by atoms with Crippen LogP contribution in [0.2, 0.25) is 0 Å². The van der Waals surface area contributed by atoms with Crippen LogP contribution in [-0.4, -0.2) is 36.3 Å². The van der Waals surface area contributed by atoms with Gasteiger partial charge in [0.25, 0.3) is 0 Å². The molecule has 1 aromatic rings. The fourth-order valence-corrected chi connectivity index (χ4v) is 4.33. The molecule has 2 rings (SSSR count). The van der Waals surface area contributed by atoms with Crippen molar-refractivity contribution in [1.82, 2.24) is 0 Å². The largest absolute Gasteiger partial charge is 0.481 e. The first-order valence-corrected chi connectivity index (χ1v) is 11.3. The van der Waals surface area contributed by atoms with E-state index in [1.165, 1.54) is 12.1 Å². The summed E-state index contributed by atoms with van der Waals surface area (Å²) in [6, 6.07) is 6.32. The Morgan fingerprint density at radius 3 is 2.43 bits per heavy atom. The predicted molar refractivity (Wildman–Crippen MR) is 106 cm³/mol. The van der Waals surface area contributed by atoms with E-state index in [0.29, 0.717) is 18.6 Å². The lowest BCUT2D eigenvalue weighted by molar-refractivity contribution is -0.137. The maximum Gasteiger partial charge on any atom is 0.303 e. The number of benzene rings is 1. The zero-order valence-corrected chi connectivity index (χ0v) is 16.7. The van der Waals surface area contributed by atoms with Crippen molar-refractivity contribution in [3.63, 3.8) is 0 Å². The molecule has 154 valence electrons. The topological polar surface area (TPSA) is 109 Å². The van der Waals surface area contributed by atoms with Crippen LogP contribution in [0.5, 0.6) is 0 Å². The Bertz CT molecular complexity index is 795. The summed E-state index contributed by atoms with van der Waals surface area (Å²) in [7, 11) is -3.63. The molecular formula is C21H28O6S. The minimum absolute atomic E-state index is 0.0183. The molecule has 0 aromatic heterocycles. The van der Waals surface area contributed by atoms with Crippen molar-refractivity contribution in [1.29, 1.82) is 0 Å². The molecule has 0 aliphatic heterocycles. The second-order valence-electron chi connectivity index (χ2n) is 7.29. The van der Waals surface area contributed by atoms with Crippen LogP contribution in [0.3, 0.4) is 0 Å². The van der Waals surface area contributed by atoms with Gasteiger partial charge in [-0.25, -0.2) is 8.42 Å². The molecule has 0 radical (unpaired) electrons. The van der Waals surface area contributed by atoms with Gasteiger partial charge in [-0.2, -0.15) is 0 Å². The Hall–Kier alpha value is -1.99. The molecule has 0 amide bonds. The molecule has 1 aliphatic rings. The first-order chi connectivity index (χ1) is 13.3. The second kappa shape index (κ2) is 10.5. The lowest BCUT2D eigenvalue weighted by Gasteiger charge is -2.14. The summed E-state index contributed by atoms with van der Waals surface area (Å²) in [5, 5.41) is 17.5. The van der Waals surface area contributed by atoms with Crippen LogP contribution in [0, 0.1) is 11.8 Å². The Kier molecular flexibility index (Phi) is 8.38. The average Bonchev–Trinajstić information content (AvgIpc) is 3.02. The molecule has 0 bridgehead atoms. The highest BCUT2D eigenvalue weighted by Crippen LogP contribution is 2.34. The Labute approximate surface area is 166 Å². The summed E-state index contributed by atoms with van der Waals surface area (Å²) < 4.78 is 23.2. The van der Waals surface area contributed by atoms with Crippen molar-refractivity contribution >= 4 is 27.7 Å². The third-order valence-electron chi connectivity index (χ3n) is 5.26. The highest BCUT2D eigenvalue weighted by atomic mass is 32.2. The summed E-state index contributed by atoms with van der Waals surface area (Å²) in [6.07, 6.45) is 9.82. The van der Waals surface area contributed by atoms with Gasteiger partial charge in [-0.1, -0.05) is 43.5 Å². The van der Waals surface area contributed by atoms with Gasteiger partial charge in [0.15, 0.2) is 0 Å². The Morgan fingerprint density at radius 2 is 1.79 bits per heavy atom. The smallest absolute Gasteiger partial charge is 0.303 e. The summed E-state index contributed by atoms with van der Waals surface area (Å²) in [4.78, 5) is 22.8. The van der Waals surface area contributed by atoms with Crippen molar-refractivity contribution in [3.8, 4) is 0 Å². The van der Waals surface area contributed by atoms with E-state index in [-0.39, 0.29) is 23.2 Å². The molecule has 6 nitrogen and oxygen atoms in total. The molecule has 2 atom stereocenters. The number of sulfone groups is 1. The SMILES string of the molecule is O=C(O)CCCCCCC1C(=O)CCC1C=Cc1ccc(S(=O)(=O)CO)cc1. The molecule has 2 unspecified atom stereocenters. The van der Waals surface area contributed by atoms with Gasteiger partial charge in [0, 0.05) is 18.8 Å². The molecule has 1 aliphatic carbocycles. The van der Waals surface area contributed by atoms with Crippen LogP contribution >= 0.6 is 0 Å². The van der Waals surface area contributed by atoms with Gasteiger partial charge in [0.05, 0.1) is 4.90 Å². The van der Waals surface area contributed by atoms with Gasteiger partial charge in [0.1, 0.15) is 11.7 Å². The molecule has 1 aromatic carbocycles. The maximum absolute atomic E-state index is 12.2. The van der Waals surface area contributed by atoms with Crippen molar-refractivity contribution in [2.75, 3.05) is 5.94 Å². The van der Waals surface area contributed by atoms with E-state index < -0.39 is 21.7 Å². The monoisotopic (exact) mass is 408 g/mol. The number of aliphatic hydroxyl groups excluding tert-OH is 1. The van der Waals surface area contributed by atoms with Crippen LogP contribution in [0.25, 0.3) is 6.08 Å². The molecule has 7 heteroatoms. The van der Waals surface area contributed by atoms with Crippen molar-refractivity contribution in [3.05, 3.63) is 35.9 Å². The van der Waals surface area contributed by atoms with Crippen LogP contribution in [-0.2, 0) is 19.4 Å². The number of carboxylic acid groups (broad SMARTS) is 1. The number of ketones is 1. The molecule has 0 heterocycles. The minimum Gasteiger partial charge on any atom is -0.481 e. The van der Waals surface area contributed by atoms with Gasteiger partial charge >= 0.3 is 5.97 Å². The van der Waals surface area contributed by atoms with Crippen LogP contribution in [0.1, 0.15) is 56.9 Å². The number of carbonyl (C=O) groups excluding carboxylic acids is 1. The van der Waals surface area contributed by atoms with Crippen LogP contribution in [0.4, 0.5) is 0 Å². The van der Waals surface area contributed by atoms with E-state index in [4.69, 9.17) is 10.2 Å². The molecule has 0 spiro atoms. The van der Waals surface area contributed by atoms with E-state index in [1.807, 2.05) is 12.2 Å². The van der Waals surface area contributed by atoms with Gasteiger partial charge in [-0.15, -0.1) is 0 Å². The highest BCUT2D eigenvalue weighted by molar-refractivity contribution is 7.91. The molecule has 2 N–H and O–H groups in total. The summed E-state index contributed by atoms with van der Waals surface area (Å²) in [5.41, 5.74) is 0.851. The number of aliphatic carboxylic acids is 1. The minimum atomic E-state index is -3.63. The fourth-order valence-electron chi connectivity index (χ4n) is 3.63. The lowest BCUT2D eigenvalue weighted by atomic mass is 9.89. The number of Topliss-reactive ketones (excluding diaryl/α,β-unsaturated/α-hetero) is 1. The average molecular weight is 409 g/mol. The van der Waals surface area contributed by atoms with E-state index in [2.05, 4.69) is 0 Å². The summed E-state index contributed by atoms with van der Waals surface area (Å²) in [6.45, 7) is 0. The van der Waals surface area contributed by atoms with E-state index >= 15 is 0 Å². The third-order valence-corrected chi connectivity index (χ3v) is 6.59. The van der Waals surface area contributed by atoms with Crippen molar-refractivity contribution in [2.45, 2.75) is 56.3 Å². The normalized spacial score (nSPS) is 20.1. The number of carboxylic acids is 1. The van der Waals surface area contributed by atoms with Crippen LogP contribution < -0.4 is 0 Å². The van der Waals surface area contributed by atoms with E-state index in [1.54, 1.807) is 12.1 Å². The number of aliphatic hydroxyl groups is 1. The zero-order valence-electron chi connectivity index (χ0n) is 15.9. The first kappa shape index (κ1) is 22.3. The highest BCUT2D eigenvalue weighted by Gasteiger charge is 2.32. The number of unbranched alkanes of at least 4 members (excludes halogenated alkanes) is 3. The number of hydrogen-bond acceptors (Lipinski definition) is 5. The Balaban J connectivity index is 1.87. The number of rotatable bonds is 11. The summed E-state index contributed by atoms with van der Waals surface area (Å²) in [5.74, 6) is -1.18. The fraction of sp³-hybridized carbons (Fsp3) is 0.524. The summed E-state index contributed by atoms with van der Waals surface area (Å²) >= 11 is 0. The molecule has 1 saturated carbocycles. The number of carbonyl (C=O) groups is 2. The number of allylic oxidation sites excluding steroid dienone is 1. The Morgan fingerprint density at radius 1 is 1.11 bits per heavy atom. The molecule has 0 saturated heterocycles. The molecule has 28 heavy (non-hydrogen) atoms. The zero-order chi connectivity index (χ0) is 20.6. The van der Waals surface area contributed by atoms with Gasteiger partial charge in [0.2, 0.25) is 9.84 Å². The quantitative estimate of drug-likeness (QED) is 0.543. The van der Waals surface area contributed by atoms with Crippen LogP contribution in [0.15, 0.2) is 35.2 Å². The van der Waals surface area contributed by atoms with Gasteiger partial charge in [-0.3, -0.25) is 9.59 Å². The third kappa shape index (κ3) is 6.56. The van der Waals surface area contributed by atoms with Gasteiger partial charge < -0.3 is 10.2 Å². The van der Waals surface area contributed by atoms with Gasteiger partial charge in [-0.05, 0) is 42.9 Å². The number of hydrogen-bond donors (Lipinski definition) is 2. The molecule has 1 fully saturated rings. The van der Waals surface area contributed by atoms with Crippen molar-refractivity contribution < 1.29 is 28.2 Å². The van der Waals surface area contributed by atoms with E-state index in [0.717, 1.165) is 37.7 Å². The maximum atomic E-state index is 12.2. The molecular weight excluding hydrogens is 380 g/mol. The lowest BCUT2D eigenvalue weighted by Crippen LogP contribution is -2.13. The first-order valence-electron chi connectivity index (χ1n) is 9.70. The predicted octanol–water partition coefficient (Wildman–Crippen LogP) is 3.44. The van der Waals surface area contributed by atoms with E-state index in [9.17, 15) is 18.0 Å². The van der Waals surface area contributed by atoms with Crippen molar-refractivity contribution in [2.24, 2.45) is 11.8 Å². The second-order valence-corrected chi connectivity index (χ2v) is 9.25.